The van der Waals surface area contributed by atoms with Crippen molar-refractivity contribution in [2.24, 2.45) is 0 Å². The van der Waals surface area contributed by atoms with Gasteiger partial charge in [0.25, 0.3) is 10.1 Å². The summed E-state index contributed by atoms with van der Waals surface area (Å²) in [6.45, 7) is 4.32. The second-order valence-electron chi connectivity index (χ2n) is 4.46. The van der Waals surface area contributed by atoms with Gasteiger partial charge in [-0.3, -0.25) is 4.18 Å². The number of rotatable bonds is 6. The number of unbranched alkanes of at least 4 members (excludes halogenated alkanes) is 2. The van der Waals surface area contributed by atoms with Gasteiger partial charge in [-0.2, -0.15) is 8.42 Å². The fraction of sp³-hybridized carbons (Fsp3) is 0.312. The van der Waals surface area contributed by atoms with Crippen molar-refractivity contribution in [3.05, 3.63) is 42.5 Å². The van der Waals surface area contributed by atoms with Crippen LogP contribution in [-0.4, -0.2) is 21.8 Å². The maximum absolute atomic E-state index is 12.2. The molecule has 21 heavy (non-hydrogen) atoms. The number of carbonyl (C=O) groups excluding carboxylic acids is 1. The van der Waals surface area contributed by atoms with E-state index in [1.165, 1.54) is 0 Å². The molecule has 0 fully saturated rings. The Bertz CT molecular complexity index is 660. The second kappa shape index (κ2) is 8.54. The van der Waals surface area contributed by atoms with Crippen molar-refractivity contribution in [2.45, 2.75) is 31.1 Å². The molecule has 0 saturated heterocycles. The third-order valence-electron chi connectivity index (χ3n) is 3.01. The van der Waals surface area contributed by atoms with Crippen molar-refractivity contribution in [3.63, 3.8) is 0 Å². The van der Waals surface area contributed by atoms with Crippen LogP contribution in [0.25, 0.3) is 10.8 Å². The lowest BCUT2D eigenvalue weighted by atomic mass is 10.1. The van der Waals surface area contributed by atoms with Crippen molar-refractivity contribution >= 4 is 27.7 Å². The highest BCUT2D eigenvalue weighted by atomic mass is 32.2. The van der Waals surface area contributed by atoms with Crippen LogP contribution in [0.3, 0.4) is 0 Å². The first-order chi connectivity index (χ1) is 10.1. The Morgan fingerprint density at radius 3 is 2.38 bits per heavy atom. The average Bonchev–Trinajstić information content (AvgIpc) is 2.53. The number of fused-ring (bicyclic) bond motifs is 1. The van der Waals surface area contributed by atoms with E-state index in [0.29, 0.717) is 5.39 Å². The van der Waals surface area contributed by atoms with E-state index >= 15 is 0 Å². The first kappa shape index (κ1) is 17.3. The smallest absolute Gasteiger partial charge is 0.297 e. The summed E-state index contributed by atoms with van der Waals surface area (Å²) in [5, 5.41) is 1.61. The third-order valence-corrected chi connectivity index (χ3v) is 4.38. The predicted molar refractivity (Wildman–Crippen MR) is 83.7 cm³/mol. The van der Waals surface area contributed by atoms with Crippen LogP contribution in [0.5, 0.6) is 0 Å². The number of benzene rings is 2. The maximum Gasteiger partial charge on any atom is 0.297 e. The molecule has 0 atom stereocenters. The molecule has 0 N–H and O–H groups in total. The number of carbonyl (C=O) groups is 1. The standard InChI is InChI=1S/C15H18O3S.CH2O/c1-2-3-6-12-18-19(16,17)15-11-7-9-13-8-4-5-10-14(13)15;1-2/h4-5,7-11H,2-3,6,12H2,1H3;1H2. The lowest BCUT2D eigenvalue weighted by Gasteiger charge is -2.08. The minimum Gasteiger partial charge on any atom is -0.307 e. The summed E-state index contributed by atoms with van der Waals surface area (Å²) < 4.78 is 29.5. The van der Waals surface area contributed by atoms with Gasteiger partial charge in [-0.05, 0) is 17.9 Å². The Hall–Kier alpha value is -1.72. The van der Waals surface area contributed by atoms with E-state index in [1.807, 2.05) is 31.1 Å². The van der Waals surface area contributed by atoms with Crippen molar-refractivity contribution < 1.29 is 17.4 Å². The SMILES string of the molecule is C=O.CCCCCOS(=O)(=O)c1cccc2ccccc12. The van der Waals surface area contributed by atoms with E-state index in [0.717, 1.165) is 24.6 Å². The highest BCUT2D eigenvalue weighted by Gasteiger charge is 2.17. The van der Waals surface area contributed by atoms with Crippen LogP contribution in [0.1, 0.15) is 26.2 Å². The normalized spacial score (nSPS) is 10.9. The number of hydrogen-bond donors (Lipinski definition) is 0. The molecule has 2 rings (SSSR count). The molecule has 0 saturated carbocycles. The van der Waals surface area contributed by atoms with E-state index in [1.54, 1.807) is 18.2 Å². The van der Waals surface area contributed by atoms with Crippen LogP contribution in [0.4, 0.5) is 0 Å². The van der Waals surface area contributed by atoms with E-state index in [2.05, 4.69) is 6.92 Å². The van der Waals surface area contributed by atoms with Crippen molar-refractivity contribution in [2.75, 3.05) is 6.61 Å². The molecule has 0 bridgehead atoms. The summed E-state index contributed by atoms with van der Waals surface area (Å²) in [6, 6.07) is 12.6. The summed E-state index contributed by atoms with van der Waals surface area (Å²) >= 11 is 0. The minimum absolute atomic E-state index is 0.249. The number of hydrogen-bond acceptors (Lipinski definition) is 4. The van der Waals surface area contributed by atoms with Crippen molar-refractivity contribution in [1.29, 1.82) is 0 Å². The Kier molecular flexibility index (Phi) is 7.05. The molecule has 0 amide bonds. The third kappa shape index (κ3) is 4.65. The van der Waals surface area contributed by atoms with Gasteiger partial charge in [-0.15, -0.1) is 0 Å². The second-order valence-corrected chi connectivity index (χ2v) is 6.04. The van der Waals surface area contributed by atoms with Gasteiger partial charge < -0.3 is 4.79 Å². The highest BCUT2D eigenvalue weighted by molar-refractivity contribution is 7.87. The van der Waals surface area contributed by atoms with Crippen LogP contribution in [0.15, 0.2) is 47.4 Å². The molecule has 0 aliphatic rings. The highest BCUT2D eigenvalue weighted by Crippen LogP contribution is 2.24. The van der Waals surface area contributed by atoms with Gasteiger partial charge in [0.2, 0.25) is 0 Å². The molecular weight excluding hydrogens is 288 g/mol. The average molecular weight is 308 g/mol. The van der Waals surface area contributed by atoms with Gasteiger partial charge in [0.15, 0.2) is 0 Å². The zero-order chi connectivity index (χ0) is 15.7. The lowest BCUT2D eigenvalue weighted by Crippen LogP contribution is -2.08. The summed E-state index contributed by atoms with van der Waals surface area (Å²) in [7, 11) is -3.67. The molecule has 0 aromatic heterocycles. The van der Waals surface area contributed by atoms with E-state index < -0.39 is 10.1 Å². The molecule has 0 radical (unpaired) electrons. The summed E-state index contributed by atoms with van der Waals surface area (Å²) in [4.78, 5) is 8.25. The van der Waals surface area contributed by atoms with Crippen LogP contribution in [-0.2, 0) is 19.1 Å². The van der Waals surface area contributed by atoms with Crippen molar-refractivity contribution in [1.82, 2.24) is 0 Å². The van der Waals surface area contributed by atoms with Crippen LogP contribution in [0, 0.1) is 0 Å². The molecule has 2 aromatic carbocycles. The minimum atomic E-state index is -3.67. The molecular formula is C16H20O4S. The molecule has 5 heteroatoms. The van der Waals surface area contributed by atoms with Gasteiger partial charge in [-0.25, -0.2) is 0 Å². The van der Waals surface area contributed by atoms with Crippen molar-refractivity contribution in [3.8, 4) is 0 Å². The molecule has 0 aliphatic carbocycles. The van der Waals surface area contributed by atoms with Gasteiger partial charge in [0.05, 0.1) is 6.61 Å². The van der Waals surface area contributed by atoms with E-state index in [9.17, 15) is 8.42 Å². The van der Waals surface area contributed by atoms with E-state index in [4.69, 9.17) is 8.98 Å². The van der Waals surface area contributed by atoms with Gasteiger partial charge >= 0.3 is 0 Å². The lowest BCUT2D eigenvalue weighted by molar-refractivity contribution is -0.0979. The topological polar surface area (TPSA) is 60.4 Å². The molecule has 2 aromatic rings. The largest absolute Gasteiger partial charge is 0.307 e. The Labute approximate surface area is 125 Å². The summed E-state index contributed by atoms with van der Waals surface area (Å²) in [5.41, 5.74) is 0. The Morgan fingerprint density at radius 2 is 1.67 bits per heavy atom. The zero-order valence-corrected chi connectivity index (χ0v) is 12.9. The van der Waals surface area contributed by atoms with Gasteiger partial charge in [-0.1, -0.05) is 56.2 Å². The molecule has 0 heterocycles. The summed E-state index contributed by atoms with van der Waals surface area (Å²) in [6.07, 6.45) is 2.78. The molecule has 4 nitrogen and oxygen atoms in total. The fourth-order valence-electron chi connectivity index (χ4n) is 2.00. The fourth-order valence-corrected chi connectivity index (χ4v) is 3.16. The monoisotopic (exact) mass is 308 g/mol. The molecule has 0 unspecified atom stereocenters. The van der Waals surface area contributed by atoms with E-state index in [-0.39, 0.29) is 11.5 Å². The summed E-state index contributed by atoms with van der Waals surface area (Å²) in [5.74, 6) is 0. The molecule has 0 spiro atoms. The first-order valence-corrected chi connectivity index (χ1v) is 8.22. The zero-order valence-electron chi connectivity index (χ0n) is 12.1. The molecule has 0 aliphatic heterocycles. The van der Waals surface area contributed by atoms with Crippen LogP contribution in [0.2, 0.25) is 0 Å². The quantitative estimate of drug-likeness (QED) is 0.605. The molecule has 114 valence electrons. The van der Waals surface area contributed by atoms with Gasteiger partial charge in [0.1, 0.15) is 11.7 Å². The first-order valence-electron chi connectivity index (χ1n) is 6.81. The predicted octanol–water partition coefficient (Wildman–Crippen LogP) is 3.55. The maximum atomic E-state index is 12.2. The van der Waals surface area contributed by atoms with Crippen LogP contribution < -0.4 is 0 Å². The van der Waals surface area contributed by atoms with Gasteiger partial charge in [0, 0.05) is 5.39 Å². The van der Waals surface area contributed by atoms with Crippen LogP contribution >= 0.6 is 0 Å². The Morgan fingerprint density at radius 1 is 1.00 bits per heavy atom. The Balaban J connectivity index is 0.00000106.